The highest BCUT2D eigenvalue weighted by Crippen LogP contribution is 2.43. The fourth-order valence-electron chi connectivity index (χ4n) is 7.12. The number of hydrogen-bond donors (Lipinski definition) is 0. The Morgan fingerprint density at radius 2 is 1.43 bits per heavy atom. The number of hydrogen-bond acceptors (Lipinski definition) is 11. The highest BCUT2D eigenvalue weighted by molar-refractivity contribution is 7.87. The first-order chi connectivity index (χ1) is 28.8. The Balaban J connectivity index is 1.89. The molecule has 0 unspecified atom stereocenters. The standard InChI is InChI=1S/C47H75N3O10SSi2/c1-29(2)33-23-36(30(3)4)43(37(24-33)31(5)6)61(54,55)59-44-34(27-56-42(32(7)8)35-21-19-20-22-38(35)50(52)53)26-49(45(51)48-44)41-25-39(60-63(17,18)47(12,13)14)40(58-41)28-57-62(15,16)46(9,10)11/h19-24,26,29-32,39-42H,25,27-28H2,1-18H3/t39-,40-,41-,42-/m1/s1. The van der Waals surface area contributed by atoms with Crippen molar-refractivity contribution in [2.75, 3.05) is 6.61 Å². The van der Waals surface area contributed by atoms with Gasteiger partial charge in [-0.3, -0.25) is 14.7 Å². The van der Waals surface area contributed by atoms with Crippen LogP contribution >= 0.6 is 0 Å². The zero-order valence-corrected chi connectivity index (χ0v) is 43.9. The second-order valence-electron chi connectivity index (χ2n) is 21.4. The molecule has 4 atom stereocenters. The molecule has 0 aliphatic carbocycles. The SMILES string of the molecule is CC(C)c1cc(C(C)C)c(S(=O)(=O)Oc2nc(=O)n([C@H]3C[C@@H](O[Si](C)(C)C(C)(C)C)[C@@H](CO[Si](C)(C)C(C)(C)C)O3)cc2CO[C@@H](c2ccccc2[N+](=O)[O-])C(C)C)c(C(C)C)c1. The average Bonchev–Trinajstić information content (AvgIpc) is 3.54. The van der Waals surface area contributed by atoms with Crippen LogP contribution in [0, 0.1) is 16.0 Å². The molecule has 1 aliphatic rings. The van der Waals surface area contributed by atoms with E-state index in [1.807, 2.05) is 53.7 Å². The first-order valence-electron chi connectivity index (χ1n) is 22.4. The van der Waals surface area contributed by atoms with Gasteiger partial charge in [0.1, 0.15) is 17.2 Å². The van der Waals surface area contributed by atoms with E-state index in [1.165, 1.54) is 16.8 Å². The van der Waals surface area contributed by atoms with Crippen molar-refractivity contribution in [3.8, 4) is 5.88 Å². The van der Waals surface area contributed by atoms with Crippen LogP contribution < -0.4 is 9.87 Å². The normalized spacial score (nSPS) is 18.5. The van der Waals surface area contributed by atoms with Gasteiger partial charge in [-0.1, -0.05) is 121 Å². The smallest absolute Gasteiger partial charge is 0.353 e. The summed E-state index contributed by atoms with van der Waals surface area (Å²) in [6, 6.07) is 10.2. The van der Waals surface area contributed by atoms with E-state index >= 15 is 0 Å². The molecular formula is C47H75N3O10SSi2. The van der Waals surface area contributed by atoms with Crippen molar-refractivity contribution in [2.45, 2.75) is 193 Å². The van der Waals surface area contributed by atoms with Gasteiger partial charge in [0.05, 0.1) is 41.5 Å². The topological polar surface area (TPSA) is 158 Å². The van der Waals surface area contributed by atoms with Gasteiger partial charge in [-0.05, 0) is 82.7 Å². The van der Waals surface area contributed by atoms with E-state index in [1.54, 1.807) is 18.2 Å². The first kappa shape index (κ1) is 52.4. The highest BCUT2D eigenvalue weighted by Gasteiger charge is 2.47. The molecule has 352 valence electrons. The molecule has 13 nitrogen and oxygen atoms in total. The third-order valence-corrected chi connectivity index (χ3v) is 23.5. The van der Waals surface area contributed by atoms with Crippen molar-refractivity contribution in [1.82, 2.24) is 9.55 Å². The molecular weight excluding hydrogens is 855 g/mol. The number of para-hydroxylation sites is 1. The van der Waals surface area contributed by atoms with E-state index in [2.05, 4.69) is 86.6 Å². The summed E-state index contributed by atoms with van der Waals surface area (Å²) in [6.45, 7) is 37.3. The van der Waals surface area contributed by atoms with E-state index in [-0.39, 0.29) is 63.1 Å². The molecule has 0 amide bonds. The summed E-state index contributed by atoms with van der Waals surface area (Å²) in [5, 5.41) is 12.0. The number of aromatic nitrogens is 2. The van der Waals surface area contributed by atoms with Gasteiger partial charge in [-0.25, -0.2) is 4.79 Å². The van der Waals surface area contributed by atoms with Gasteiger partial charge in [0.2, 0.25) is 5.88 Å². The predicted octanol–water partition coefficient (Wildman–Crippen LogP) is 11.9. The van der Waals surface area contributed by atoms with Gasteiger partial charge >= 0.3 is 15.8 Å². The van der Waals surface area contributed by atoms with E-state index in [9.17, 15) is 23.3 Å². The largest absolute Gasteiger partial charge is 0.414 e. The molecule has 0 radical (unpaired) electrons. The van der Waals surface area contributed by atoms with Crippen LogP contribution in [-0.4, -0.2) is 58.3 Å². The van der Waals surface area contributed by atoms with Crippen molar-refractivity contribution in [3.63, 3.8) is 0 Å². The van der Waals surface area contributed by atoms with Crippen LogP contribution in [0.3, 0.4) is 0 Å². The van der Waals surface area contributed by atoms with E-state index < -0.39 is 67.8 Å². The lowest BCUT2D eigenvalue weighted by Crippen LogP contribution is -2.48. The van der Waals surface area contributed by atoms with Gasteiger partial charge in [0.15, 0.2) is 16.6 Å². The number of ether oxygens (including phenoxy) is 2. The molecule has 1 aromatic heterocycles. The van der Waals surface area contributed by atoms with Gasteiger partial charge in [-0.2, -0.15) is 13.4 Å². The minimum absolute atomic E-state index is 0.0454. The molecule has 2 aromatic carbocycles. The maximum atomic E-state index is 14.7. The number of nitro benzene ring substituents is 1. The Labute approximate surface area is 379 Å². The number of nitrogens with zero attached hydrogens (tertiary/aromatic N) is 3. The van der Waals surface area contributed by atoms with Crippen LogP contribution in [0.5, 0.6) is 5.88 Å². The van der Waals surface area contributed by atoms with E-state index in [0.29, 0.717) is 23.1 Å². The van der Waals surface area contributed by atoms with E-state index in [0.717, 1.165) is 5.56 Å². The zero-order chi connectivity index (χ0) is 47.8. The molecule has 3 aromatic rings. The van der Waals surface area contributed by atoms with Crippen LogP contribution in [0.1, 0.15) is 161 Å². The monoisotopic (exact) mass is 929 g/mol. The second kappa shape index (κ2) is 19.7. The third-order valence-electron chi connectivity index (χ3n) is 13.1. The van der Waals surface area contributed by atoms with Crippen molar-refractivity contribution in [3.05, 3.63) is 91.0 Å². The quantitative estimate of drug-likeness (QED) is 0.0517. The average molecular weight is 930 g/mol. The van der Waals surface area contributed by atoms with Crippen LogP contribution in [0.2, 0.25) is 36.3 Å². The molecule has 16 heteroatoms. The highest BCUT2D eigenvalue weighted by atomic mass is 32.2. The molecule has 1 saturated heterocycles. The fraction of sp³-hybridized carbons (Fsp3) is 0.660. The Kier molecular flexibility index (Phi) is 16.4. The predicted molar refractivity (Wildman–Crippen MR) is 254 cm³/mol. The Bertz CT molecular complexity index is 2230. The summed E-state index contributed by atoms with van der Waals surface area (Å²) in [4.78, 5) is 30.3. The summed E-state index contributed by atoms with van der Waals surface area (Å²) in [7, 11) is -9.16. The van der Waals surface area contributed by atoms with Crippen molar-refractivity contribution < 1.29 is 35.8 Å². The Hall–Kier alpha value is -3.26. The number of benzene rings is 2. The Morgan fingerprint density at radius 3 is 1.92 bits per heavy atom. The van der Waals surface area contributed by atoms with Crippen molar-refractivity contribution in [2.24, 2.45) is 5.92 Å². The number of rotatable bonds is 18. The van der Waals surface area contributed by atoms with Gasteiger partial charge in [0.25, 0.3) is 5.69 Å². The van der Waals surface area contributed by atoms with Crippen molar-refractivity contribution in [1.29, 1.82) is 0 Å². The van der Waals surface area contributed by atoms with Gasteiger partial charge in [0, 0.05) is 18.7 Å². The summed E-state index contributed by atoms with van der Waals surface area (Å²) < 4.78 is 63.6. The molecule has 1 fully saturated rings. The molecule has 4 rings (SSSR count). The van der Waals surface area contributed by atoms with Crippen molar-refractivity contribution >= 4 is 32.4 Å². The zero-order valence-electron chi connectivity index (χ0n) is 41.1. The summed E-state index contributed by atoms with van der Waals surface area (Å²) in [5.74, 6) is -0.896. The van der Waals surface area contributed by atoms with Gasteiger partial charge in [-0.15, -0.1) is 0 Å². The molecule has 1 aliphatic heterocycles. The molecule has 0 N–H and O–H groups in total. The minimum atomic E-state index is -4.60. The van der Waals surface area contributed by atoms with Crippen LogP contribution in [0.4, 0.5) is 5.69 Å². The summed E-state index contributed by atoms with van der Waals surface area (Å²) in [6.07, 6.45) is -0.774. The summed E-state index contributed by atoms with van der Waals surface area (Å²) in [5.41, 5.74) is 1.82. The molecule has 0 saturated carbocycles. The lowest BCUT2D eigenvalue weighted by molar-refractivity contribution is -0.386. The maximum absolute atomic E-state index is 14.7. The fourth-order valence-corrected chi connectivity index (χ4v) is 11.1. The van der Waals surface area contributed by atoms with Gasteiger partial charge < -0.3 is 22.5 Å². The van der Waals surface area contributed by atoms with Crippen LogP contribution in [0.25, 0.3) is 0 Å². The molecule has 2 heterocycles. The molecule has 0 spiro atoms. The third kappa shape index (κ3) is 12.2. The molecule has 0 bridgehead atoms. The lowest BCUT2D eigenvalue weighted by Gasteiger charge is -2.40. The lowest BCUT2D eigenvalue weighted by atomic mass is 9.89. The maximum Gasteiger partial charge on any atom is 0.353 e. The molecule has 63 heavy (non-hydrogen) atoms. The summed E-state index contributed by atoms with van der Waals surface area (Å²) >= 11 is 0. The van der Waals surface area contributed by atoms with E-state index in [4.69, 9.17) is 22.5 Å². The van der Waals surface area contributed by atoms with Crippen LogP contribution in [0.15, 0.2) is 52.3 Å². The Morgan fingerprint density at radius 1 is 0.873 bits per heavy atom. The first-order valence-corrected chi connectivity index (χ1v) is 29.6. The minimum Gasteiger partial charge on any atom is -0.414 e. The second-order valence-corrected chi connectivity index (χ2v) is 32.5. The number of nitro groups is 1. The van der Waals surface area contributed by atoms with Crippen LogP contribution in [-0.2, 0) is 35.1 Å².